The molecule has 0 aromatic carbocycles. The van der Waals surface area contributed by atoms with Crippen molar-refractivity contribution in [3.63, 3.8) is 0 Å². The molecule has 1 rings (SSSR count). The first kappa shape index (κ1) is 13.8. The molecule has 1 N–H and O–H groups in total. The standard InChI is InChI=1S/C11H17BrN2OS/c1-5-7(15-4)10-13-9(6(2)3)8(12)11(16)14-10/h6-7H,5H2,1-4H3,(H,13,14,16). The van der Waals surface area contributed by atoms with Gasteiger partial charge in [-0.1, -0.05) is 33.0 Å². The first-order valence-electron chi connectivity index (χ1n) is 5.33. The fourth-order valence-corrected chi connectivity index (χ4v) is 2.37. The third kappa shape index (κ3) is 2.90. The van der Waals surface area contributed by atoms with Crippen molar-refractivity contribution in [1.29, 1.82) is 0 Å². The Balaban J connectivity index is 3.28. The zero-order chi connectivity index (χ0) is 12.3. The lowest BCUT2D eigenvalue weighted by atomic mass is 10.1. The van der Waals surface area contributed by atoms with Crippen molar-refractivity contribution in [2.24, 2.45) is 0 Å². The summed E-state index contributed by atoms with van der Waals surface area (Å²) in [5, 5.41) is 0. The van der Waals surface area contributed by atoms with Gasteiger partial charge in [0.15, 0.2) is 0 Å². The SMILES string of the molecule is CCC(OC)c1nc(=S)c(Br)c(C(C)C)[nH]1. The van der Waals surface area contributed by atoms with Gasteiger partial charge in [0.25, 0.3) is 0 Å². The molecule has 1 aromatic rings. The Morgan fingerprint density at radius 3 is 2.56 bits per heavy atom. The molecule has 0 aliphatic rings. The Morgan fingerprint density at radius 1 is 1.50 bits per heavy atom. The van der Waals surface area contributed by atoms with Crippen LogP contribution in [0, 0.1) is 4.64 Å². The maximum absolute atomic E-state index is 5.36. The van der Waals surface area contributed by atoms with Crippen LogP contribution in [0.2, 0.25) is 0 Å². The molecule has 0 bridgehead atoms. The monoisotopic (exact) mass is 304 g/mol. The Hall–Kier alpha value is -0.260. The van der Waals surface area contributed by atoms with Gasteiger partial charge in [-0.2, -0.15) is 0 Å². The molecule has 0 aliphatic heterocycles. The number of halogens is 1. The lowest BCUT2D eigenvalue weighted by molar-refractivity contribution is 0.0922. The molecule has 1 atom stereocenters. The van der Waals surface area contributed by atoms with Crippen LogP contribution in [0.3, 0.4) is 0 Å². The number of rotatable bonds is 4. The summed E-state index contributed by atoms with van der Waals surface area (Å²) in [6.07, 6.45) is 0.848. The molecule has 0 amide bonds. The average molecular weight is 305 g/mol. The molecule has 1 heterocycles. The number of nitrogens with one attached hydrogen (secondary N) is 1. The van der Waals surface area contributed by atoms with E-state index in [2.05, 4.69) is 46.7 Å². The van der Waals surface area contributed by atoms with Gasteiger partial charge in [0.2, 0.25) is 0 Å². The lowest BCUT2D eigenvalue weighted by Gasteiger charge is -2.16. The van der Waals surface area contributed by atoms with E-state index >= 15 is 0 Å². The highest BCUT2D eigenvalue weighted by Crippen LogP contribution is 2.26. The summed E-state index contributed by atoms with van der Waals surface area (Å²) in [4.78, 5) is 7.65. The van der Waals surface area contributed by atoms with Crippen molar-refractivity contribution >= 4 is 28.1 Å². The third-order valence-corrected chi connectivity index (χ3v) is 3.81. The van der Waals surface area contributed by atoms with E-state index in [1.54, 1.807) is 7.11 Å². The molecule has 1 unspecified atom stereocenters. The second-order valence-electron chi connectivity index (χ2n) is 3.94. The van der Waals surface area contributed by atoms with Crippen LogP contribution in [0.1, 0.15) is 50.7 Å². The van der Waals surface area contributed by atoms with E-state index < -0.39 is 0 Å². The lowest BCUT2D eigenvalue weighted by Crippen LogP contribution is -2.09. The van der Waals surface area contributed by atoms with Gasteiger partial charge in [-0.15, -0.1) is 0 Å². The van der Waals surface area contributed by atoms with Gasteiger partial charge in [-0.25, -0.2) is 4.98 Å². The number of ether oxygens (including phenoxy) is 1. The highest BCUT2D eigenvalue weighted by molar-refractivity contribution is 9.10. The van der Waals surface area contributed by atoms with Crippen LogP contribution in [0.25, 0.3) is 0 Å². The molecule has 0 spiro atoms. The number of nitrogens with zero attached hydrogens (tertiary/aromatic N) is 1. The molecule has 16 heavy (non-hydrogen) atoms. The Kier molecular flexibility index (Phi) is 5.08. The summed E-state index contributed by atoms with van der Waals surface area (Å²) in [7, 11) is 1.68. The normalized spacial score (nSPS) is 13.1. The number of hydrogen-bond acceptors (Lipinski definition) is 3. The van der Waals surface area contributed by atoms with Crippen molar-refractivity contribution in [2.45, 2.75) is 39.2 Å². The smallest absolute Gasteiger partial charge is 0.144 e. The maximum Gasteiger partial charge on any atom is 0.144 e. The van der Waals surface area contributed by atoms with E-state index in [1.807, 2.05) is 0 Å². The van der Waals surface area contributed by atoms with E-state index in [0.717, 1.165) is 22.4 Å². The molecule has 90 valence electrons. The molecule has 0 fully saturated rings. The zero-order valence-corrected chi connectivity index (χ0v) is 12.4. The fourth-order valence-electron chi connectivity index (χ4n) is 1.52. The highest BCUT2D eigenvalue weighted by Gasteiger charge is 2.15. The van der Waals surface area contributed by atoms with Crippen LogP contribution < -0.4 is 0 Å². The summed E-state index contributed by atoms with van der Waals surface area (Å²) in [6, 6.07) is 0. The van der Waals surface area contributed by atoms with Crippen molar-refractivity contribution in [2.75, 3.05) is 7.11 Å². The van der Waals surface area contributed by atoms with Crippen LogP contribution in [0.5, 0.6) is 0 Å². The zero-order valence-electron chi connectivity index (χ0n) is 10.0. The first-order valence-corrected chi connectivity index (χ1v) is 6.53. The largest absolute Gasteiger partial charge is 0.374 e. The summed E-state index contributed by atoms with van der Waals surface area (Å²) in [5.74, 6) is 1.18. The second kappa shape index (κ2) is 5.89. The van der Waals surface area contributed by atoms with Crippen molar-refractivity contribution in [3.8, 4) is 0 Å². The minimum Gasteiger partial charge on any atom is -0.374 e. The van der Waals surface area contributed by atoms with E-state index in [1.165, 1.54) is 0 Å². The van der Waals surface area contributed by atoms with Gasteiger partial charge >= 0.3 is 0 Å². The van der Waals surface area contributed by atoms with Crippen LogP contribution in [-0.2, 0) is 4.74 Å². The number of aromatic amines is 1. The minimum absolute atomic E-state index is 0.0210. The molecular weight excluding hydrogens is 288 g/mol. The second-order valence-corrected chi connectivity index (χ2v) is 5.12. The predicted octanol–water partition coefficient (Wildman–Crippen LogP) is 4.12. The van der Waals surface area contributed by atoms with Gasteiger partial charge in [-0.05, 0) is 28.3 Å². The van der Waals surface area contributed by atoms with Crippen LogP contribution in [0.15, 0.2) is 4.47 Å². The molecule has 0 saturated heterocycles. The molecular formula is C11H17BrN2OS. The molecule has 0 radical (unpaired) electrons. The average Bonchev–Trinajstić information content (AvgIpc) is 2.24. The summed E-state index contributed by atoms with van der Waals surface area (Å²) >= 11 is 8.70. The predicted molar refractivity (Wildman–Crippen MR) is 71.3 cm³/mol. The van der Waals surface area contributed by atoms with Gasteiger partial charge in [-0.3, -0.25) is 0 Å². The topological polar surface area (TPSA) is 37.9 Å². The Bertz CT molecular complexity index is 413. The van der Waals surface area contributed by atoms with Gasteiger partial charge in [0.05, 0.1) is 4.47 Å². The third-order valence-electron chi connectivity index (χ3n) is 2.45. The van der Waals surface area contributed by atoms with Crippen LogP contribution >= 0.6 is 28.1 Å². The van der Waals surface area contributed by atoms with Crippen molar-refractivity contribution in [3.05, 3.63) is 20.6 Å². The van der Waals surface area contributed by atoms with E-state index in [-0.39, 0.29) is 6.10 Å². The van der Waals surface area contributed by atoms with E-state index in [4.69, 9.17) is 17.0 Å². The number of aromatic nitrogens is 2. The van der Waals surface area contributed by atoms with Gasteiger partial charge in [0.1, 0.15) is 16.6 Å². The summed E-state index contributed by atoms with van der Waals surface area (Å²) < 4.78 is 6.83. The molecule has 1 aromatic heterocycles. The van der Waals surface area contributed by atoms with Crippen molar-refractivity contribution in [1.82, 2.24) is 9.97 Å². The minimum atomic E-state index is -0.0210. The van der Waals surface area contributed by atoms with Crippen LogP contribution in [-0.4, -0.2) is 17.1 Å². The quantitative estimate of drug-likeness (QED) is 0.850. The number of hydrogen-bond donors (Lipinski definition) is 1. The van der Waals surface area contributed by atoms with E-state index in [0.29, 0.717) is 10.6 Å². The van der Waals surface area contributed by atoms with Gasteiger partial charge < -0.3 is 9.72 Å². The molecule has 5 heteroatoms. The maximum atomic E-state index is 5.36. The summed E-state index contributed by atoms with van der Waals surface area (Å²) in [6.45, 7) is 6.29. The number of methoxy groups -OCH3 is 1. The Labute approximate surface area is 110 Å². The fraction of sp³-hybridized carbons (Fsp3) is 0.636. The molecule has 0 saturated carbocycles. The first-order chi connectivity index (χ1) is 7.51. The van der Waals surface area contributed by atoms with Crippen molar-refractivity contribution < 1.29 is 4.74 Å². The Morgan fingerprint density at radius 2 is 2.12 bits per heavy atom. The molecule has 0 aliphatic carbocycles. The van der Waals surface area contributed by atoms with E-state index in [9.17, 15) is 0 Å². The molecule has 3 nitrogen and oxygen atoms in total. The van der Waals surface area contributed by atoms with Crippen LogP contribution in [0.4, 0.5) is 0 Å². The van der Waals surface area contributed by atoms with Gasteiger partial charge in [0, 0.05) is 12.8 Å². The highest BCUT2D eigenvalue weighted by atomic mass is 79.9. The number of H-pyrrole nitrogens is 1. The summed E-state index contributed by atoms with van der Waals surface area (Å²) in [5.41, 5.74) is 1.07.